The van der Waals surface area contributed by atoms with Gasteiger partial charge in [-0.3, -0.25) is 5.10 Å². The summed E-state index contributed by atoms with van der Waals surface area (Å²) in [5.41, 5.74) is 4.29. The Hall–Kier alpha value is -1.63. The fraction of sp³-hybridized carbons (Fsp3) is 0.286. The Morgan fingerprint density at radius 1 is 1.38 bits per heavy atom. The van der Waals surface area contributed by atoms with Crippen LogP contribution in [0.1, 0.15) is 16.8 Å². The second-order valence-corrected chi connectivity index (χ2v) is 5.84. The van der Waals surface area contributed by atoms with E-state index >= 15 is 0 Å². The Bertz CT molecular complexity index is 682. The van der Waals surface area contributed by atoms with Crippen LogP contribution >= 0.6 is 23.8 Å². The van der Waals surface area contributed by atoms with Crippen molar-refractivity contribution in [3.8, 4) is 0 Å². The molecule has 0 aliphatic carbocycles. The minimum Gasteiger partial charge on any atom is -0.332 e. The predicted molar refractivity (Wildman–Crippen MR) is 90.0 cm³/mol. The molecule has 0 amide bonds. The van der Waals surface area contributed by atoms with Crippen molar-refractivity contribution in [3.63, 3.8) is 0 Å². The fourth-order valence-corrected chi connectivity index (χ4v) is 2.79. The van der Waals surface area contributed by atoms with E-state index in [4.69, 9.17) is 23.8 Å². The lowest BCUT2D eigenvalue weighted by molar-refractivity contribution is 0.637. The minimum absolute atomic E-state index is 0.514. The third-order valence-corrected chi connectivity index (χ3v) is 3.91. The third-order valence-electron chi connectivity index (χ3n) is 3.47. The summed E-state index contributed by atoms with van der Waals surface area (Å²) >= 11 is 11.3. The van der Waals surface area contributed by atoms with E-state index < -0.39 is 0 Å². The molecule has 1 aliphatic heterocycles. The zero-order valence-corrected chi connectivity index (χ0v) is 13.2. The topological polar surface area (TPSA) is 64.8 Å². The zero-order valence-electron chi connectivity index (χ0n) is 11.6. The first kappa shape index (κ1) is 14.3. The van der Waals surface area contributed by atoms with Crippen molar-refractivity contribution in [2.45, 2.75) is 19.9 Å². The molecule has 1 aromatic heterocycles. The van der Waals surface area contributed by atoms with Gasteiger partial charge in [0.1, 0.15) is 0 Å². The number of fused-ring (bicyclic) bond motifs is 1. The lowest BCUT2D eigenvalue weighted by atomic mass is 10.1. The van der Waals surface area contributed by atoms with Gasteiger partial charge in [0.15, 0.2) is 10.9 Å². The monoisotopic (exact) mass is 321 g/mol. The maximum atomic E-state index is 5.95. The molecule has 2 aromatic rings. The molecule has 0 saturated heterocycles. The summed E-state index contributed by atoms with van der Waals surface area (Å²) < 4.78 is 0. The number of benzene rings is 1. The molecule has 110 valence electrons. The summed E-state index contributed by atoms with van der Waals surface area (Å²) in [6, 6.07) is 5.64. The van der Waals surface area contributed by atoms with E-state index in [1.807, 2.05) is 25.1 Å². The molecule has 0 fully saturated rings. The number of halogens is 1. The van der Waals surface area contributed by atoms with Crippen LogP contribution in [0.3, 0.4) is 0 Å². The van der Waals surface area contributed by atoms with Crippen LogP contribution in [0, 0.1) is 6.92 Å². The van der Waals surface area contributed by atoms with E-state index in [1.165, 1.54) is 5.69 Å². The van der Waals surface area contributed by atoms with Gasteiger partial charge >= 0.3 is 0 Å². The van der Waals surface area contributed by atoms with Gasteiger partial charge in [-0.1, -0.05) is 11.6 Å². The van der Waals surface area contributed by atoms with E-state index in [1.54, 1.807) is 0 Å². The normalized spacial score (nSPS) is 13.6. The van der Waals surface area contributed by atoms with Crippen molar-refractivity contribution in [1.82, 2.24) is 15.5 Å². The van der Waals surface area contributed by atoms with Gasteiger partial charge in [0.05, 0.1) is 0 Å². The minimum atomic E-state index is 0.514. The van der Waals surface area contributed by atoms with Crippen molar-refractivity contribution in [1.29, 1.82) is 0 Å². The summed E-state index contributed by atoms with van der Waals surface area (Å²) in [5.74, 6) is 0.779. The third kappa shape index (κ3) is 3.18. The first-order valence-electron chi connectivity index (χ1n) is 6.74. The Labute approximate surface area is 133 Å². The average molecular weight is 322 g/mol. The molecule has 7 heteroatoms. The van der Waals surface area contributed by atoms with Crippen molar-refractivity contribution >= 4 is 40.4 Å². The number of hydrogen-bond donors (Lipinski definition) is 4. The standard InChI is InChI=1S/C14H16ClN5S/c1-8-6-9(15)2-3-11(8)17-14(21)18-13-10-7-16-5-4-12(10)19-20-13/h2-3,6,16H,4-5,7H2,1H3,(H3,17,18,19,20,21). The Morgan fingerprint density at radius 2 is 2.24 bits per heavy atom. The average Bonchev–Trinajstić information content (AvgIpc) is 2.85. The highest BCUT2D eigenvalue weighted by Crippen LogP contribution is 2.22. The number of aryl methyl sites for hydroxylation is 1. The van der Waals surface area contributed by atoms with Gasteiger partial charge in [0, 0.05) is 41.5 Å². The molecule has 1 aliphatic rings. The molecule has 1 aromatic carbocycles. The van der Waals surface area contributed by atoms with Crippen LogP contribution < -0.4 is 16.0 Å². The fourth-order valence-electron chi connectivity index (χ4n) is 2.36. The van der Waals surface area contributed by atoms with Crippen LogP contribution in [0.2, 0.25) is 5.02 Å². The van der Waals surface area contributed by atoms with Crippen molar-refractivity contribution in [3.05, 3.63) is 40.0 Å². The first-order valence-corrected chi connectivity index (χ1v) is 7.53. The smallest absolute Gasteiger partial charge is 0.176 e. The van der Waals surface area contributed by atoms with Crippen molar-refractivity contribution in [2.75, 3.05) is 17.2 Å². The number of nitrogens with zero attached hydrogens (tertiary/aromatic N) is 1. The Kier molecular flexibility index (Phi) is 4.10. The molecule has 0 spiro atoms. The second-order valence-electron chi connectivity index (χ2n) is 4.99. The molecular weight excluding hydrogens is 306 g/mol. The second kappa shape index (κ2) is 6.01. The van der Waals surface area contributed by atoms with E-state index in [9.17, 15) is 0 Å². The first-order chi connectivity index (χ1) is 10.1. The lowest BCUT2D eigenvalue weighted by Crippen LogP contribution is -2.25. The van der Waals surface area contributed by atoms with E-state index in [0.29, 0.717) is 10.1 Å². The molecule has 0 atom stereocenters. The maximum Gasteiger partial charge on any atom is 0.176 e. The molecule has 3 rings (SSSR count). The number of nitrogens with one attached hydrogen (secondary N) is 4. The van der Waals surface area contributed by atoms with Gasteiger partial charge < -0.3 is 16.0 Å². The van der Waals surface area contributed by atoms with E-state index in [2.05, 4.69) is 26.1 Å². The Morgan fingerprint density at radius 3 is 3.05 bits per heavy atom. The molecule has 0 saturated carbocycles. The number of aromatic nitrogens is 2. The van der Waals surface area contributed by atoms with Gasteiger partial charge in [0.25, 0.3) is 0 Å². The summed E-state index contributed by atoms with van der Waals surface area (Å²) in [5, 5.41) is 18.2. The molecule has 0 bridgehead atoms. The van der Waals surface area contributed by atoms with Gasteiger partial charge in [-0.2, -0.15) is 5.10 Å². The van der Waals surface area contributed by atoms with Crippen LogP contribution in [0.4, 0.5) is 11.5 Å². The van der Waals surface area contributed by atoms with Crippen molar-refractivity contribution in [2.24, 2.45) is 0 Å². The molecule has 21 heavy (non-hydrogen) atoms. The van der Waals surface area contributed by atoms with E-state index in [-0.39, 0.29) is 0 Å². The summed E-state index contributed by atoms with van der Waals surface area (Å²) in [6.07, 6.45) is 0.959. The number of hydrogen-bond acceptors (Lipinski definition) is 3. The molecule has 5 nitrogen and oxygen atoms in total. The summed E-state index contributed by atoms with van der Waals surface area (Å²) in [6.45, 7) is 3.76. The predicted octanol–water partition coefficient (Wildman–Crippen LogP) is 2.83. The number of thiocarbonyl (C=S) groups is 1. The number of aromatic amines is 1. The number of anilines is 2. The highest BCUT2D eigenvalue weighted by molar-refractivity contribution is 7.80. The van der Waals surface area contributed by atoms with Crippen LogP contribution in [-0.2, 0) is 13.0 Å². The molecule has 2 heterocycles. The van der Waals surface area contributed by atoms with Crippen LogP contribution in [0.25, 0.3) is 0 Å². The SMILES string of the molecule is Cc1cc(Cl)ccc1NC(=S)Nc1n[nH]c2c1CNCC2. The summed E-state index contributed by atoms with van der Waals surface area (Å²) in [4.78, 5) is 0. The van der Waals surface area contributed by atoms with Gasteiger partial charge in [0.2, 0.25) is 0 Å². The number of H-pyrrole nitrogens is 1. The maximum absolute atomic E-state index is 5.95. The highest BCUT2D eigenvalue weighted by Gasteiger charge is 2.17. The number of rotatable bonds is 2. The Balaban J connectivity index is 1.70. The van der Waals surface area contributed by atoms with Crippen LogP contribution in [0.5, 0.6) is 0 Å². The largest absolute Gasteiger partial charge is 0.332 e. The van der Waals surface area contributed by atoms with Crippen LogP contribution in [-0.4, -0.2) is 21.9 Å². The highest BCUT2D eigenvalue weighted by atomic mass is 35.5. The zero-order chi connectivity index (χ0) is 14.8. The molecule has 0 unspecified atom stereocenters. The van der Waals surface area contributed by atoms with Crippen LogP contribution in [0.15, 0.2) is 18.2 Å². The van der Waals surface area contributed by atoms with E-state index in [0.717, 1.165) is 42.1 Å². The van der Waals surface area contributed by atoms with Crippen molar-refractivity contribution < 1.29 is 0 Å². The molecule has 4 N–H and O–H groups in total. The summed E-state index contributed by atoms with van der Waals surface area (Å²) in [7, 11) is 0. The van der Waals surface area contributed by atoms with Gasteiger partial charge in [-0.05, 0) is 42.9 Å². The van der Waals surface area contributed by atoms with Gasteiger partial charge in [-0.15, -0.1) is 0 Å². The lowest BCUT2D eigenvalue weighted by Gasteiger charge is -2.15. The molecular formula is C14H16ClN5S. The quantitative estimate of drug-likeness (QED) is 0.641. The van der Waals surface area contributed by atoms with Gasteiger partial charge in [-0.25, -0.2) is 0 Å². The molecule has 0 radical (unpaired) electrons.